The number of benzene rings is 3. The standard InChI is InChI=1S/C22H18BrN3O2/c23-18-11-13-19(14-12-18)24-15-26-20(27)22(25-21(26)28,16-7-3-1-4-8-16)17-9-5-2-6-10-17/h1-14,24H,15H2,(H,25,28). The number of halogens is 1. The molecule has 0 atom stereocenters. The number of anilines is 1. The molecule has 1 saturated heterocycles. The van der Waals surface area contributed by atoms with Gasteiger partial charge in [0.2, 0.25) is 0 Å². The summed E-state index contributed by atoms with van der Waals surface area (Å²) in [5.41, 5.74) is 1.04. The Hall–Kier alpha value is -3.12. The summed E-state index contributed by atoms with van der Waals surface area (Å²) in [5, 5.41) is 6.07. The smallest absolute Gasteiger partial charge is 0.327 e. The molecule has 0 saturated carbocycles. The van der Waals surface area contributed by atoms with Crippen molar-refractivity contribution in [3.63, 3.8) is 0 Å². The van der Waals surface area contributed by atoms with Crippen molar-refractivity contribution in [3.8, 4) is 0 Å². The molecule has 1 aliphatic rings. The Morgan fingerprint density at radius 2 is 1.36 bits per heavy atom. The molecule has 1 aliphatic heterocycles. The van der Waals surface area contributed by atoms with E-state index in [9.17, 15) is 9.59 Å². The monoisotopic (exact) mass is 435 g/mol. The van der Waals surface area contributed by atoms with Crippen molar-refractivity contribution in [2.24, 2.45) is 0 Å². The average molecular weight is 436 g/mol. The number of rotatable bonds is 5. The molecular formula is C22H18BrN3O2. The maximum Gasteiger partial charge on any atom is 0.327 e. The van der Waals surface area contributed by atoms with Gasteiger partial charge in [-0.15, -0.1) is 0 Å². The second-order valence-electron chi connectivity index (χ2n) is 6.49. The van der Waals surface area contributed by atoms with Gasteiger partial charge in [0, 0.05) is 10.2 Å². The van der Waals surface area contributed by atoms with E-state index in [1.165, 1.54) is 4.90 Å². The summed E-state index contributed by atoms with van der Waals surface area (Å²) in [5.74, 6) is -0.306. The lowest BCUT2D eigenvalue weighted by Crippen LogP contribution is -2.45. The Morgan fingerprint density at radius 3 is 1.89 bits per heavy atom. The molecule has 0 spiro atoms. The van der Waals surface area contributed by atoms with Crippen LogP contribution in [0.2, 0.25) is 0 Å². The summed E-state index contributed by atoms with van der Waals surface area (Å²) < 4.78 is 0.959. The van der Waals surface area contributed by atoms with E-state index < -0.39 is 11.6 Å². The largest absolute Gasteiger partial charge is 0.367 e. The lowest BCUT2D eigenvalue weighted by atomic mass is 9.83. The van der Waals surface area contributed by atoms with Crippen molar-refractivity contribution in [2.75, 3.05) is 12.0 Å². The Balaban J connectivity index is 1.68. The third-order valence-electron chi connectivity index (χ3n) is 4.80. The first-order valence-electron chi connectivity index (χ1n) is 8.86. The highest BCUT2D eigenvalue weighted by atomic mass is 79.9. The van der Waals surface area contributed by atoms with E-state index in [4.69, 9.17) is 0 Å². The SMILES string of the molecule is O=C1NC(c2ccccc2)(c2ccccc2)C(=O)N1CNc1ccc(Br)cc1. The van der Waals surface area contributed by atoms with E-state index >= 15 is 0 Å². The van der Waals surface area contributed by atoms with E-state index in [1.807, 2.05) is 84.9 Å². The quantitative estimate of drug-likeness (QED) is 0.586. The Bertz CT molecular complexity index is 952. The molecule has 2 N–H and O–H groups in total. The number of carbonyl (C=O) groups excluding carboxylic acids is 2. The average Bonchev–Trinajstić information content (AvgIpc) is 3.00. The van der Waals surface area contributed by atoms with Gasteiger partial charge >= 0.3 is 6.03 Å². The zero-order valence-electron chi connectivity index (χ0n) is 14.9. The van der Waals surface area contributed by atoms with Gasteiger partial charge in [-0.1, -0.05) is 76.6 Å². The van der Waals surface area contributed by atoms with Gasteiger partial charge in [0.1, 0.15) is 0 Å². The molecule has 28 heavy (non-hydrogen) atoms. The Kier molecular flexibility index (Phi) is 4.88. The van der Waals surface area contributed by atoms with Crippen LogP contribution >= 0.6 is 15.9 Å². The highest BCUT2D eigenvalue weighted by molar-refractivity contribution is 9.10. The number of imide groups is 1. The van der Waals surface area contributed by atoms with E-state index in [0.29, 0.717) is 0 Å². The molecule has 4 rings (SSSR count). The molecule has 0 aromatic heterocycles. The molecular weight excluding hydrogens is 418 g/mol. The first kappa shape index (κ1) is 18.3. The number of nitrogens with zero attached hydrogens (tertiary/aromatic N) is 1. The van der Waals surface area contributed by atoms with Crippen LogP contribution in [-0.4, -0.2) is 23.5 Å². The first-order valence-corrected chi connectivity index (χ1v) is 9.65. The Labute approximate surface area is 171 Å². The predicted octanol–water partition coefficient (Wildman–Crippen LogP) is 4.31. The highest BCUT2D eigenvalue weighted by Crippen LogP contribution is 2.35. The van der Waals surface area contributed by atoms with Gasteiger partial charge in [0.15, 0.2) is 5.54 Å². The van der Waals surface area contributed by atoms with Gasteiger partial charge in [0.05, 0.1) is 6.67 Å². The minimum Gasteiger partial charge on any atom is -0.367 e. The molecule has 3 amide bonds. The summed E-state index contributed by atoms with van der Waals surface area (Å²) in [6.07, 6.45) is 0. The van der Waals surface area contributed by atoms with Crippen LogP contribution in [-0.2, 0) is 10.3 Å². The van der Waals surface area contributed by atoms with Crippen LogP contribution in [0.1, 0.15) is 11.1 Å². The van der Waals surface area contributed by atoms with Crippen LogP contribution in [0.25, 0.3) is 0 Å². The first-order chi connectivity index (χ1) is 13.6. The molecule has 1 fully saturated rings. The van der Waals surface area contributed by atoms with Gasteiger partial charge in [-0.3, -0.25) is 4.79 Å². The minimum absolute atomic E-state index is 0.0771. The molecule has 6 heteroatoms. The summed E-state index contributed by atoms with van der Waals surface area (Å²) in [6.45, 7) is 0.0771. The molecule has 1 heterocycles. The van der Waals surface area contributed by atoms with E-state index in [1.54, 1.807) is 0 Å². The lowest BCUT2D eigenvalue weighted by Gasteiger charge is -2.28. The van der Waals surface area contributed by atoms with Crippen LogP contribution in [0.4, 0.5) is 10.5 Å². The molecule has 0 bridgehead atoms. The van der Waals surface area contributed by atoms with Crippen molar-refractivity contribution < 1.29 is 9.59 Å². The number of urea groups is 1. The number of amides is 3. The predicted molar refractivity (Wildman–Crippen MR) is 112 cm³/mol. The van der Waals surface area contributed by atoms with Crippen molar-refractivity contribution in [1.82, 2.24) is 10.2 Å². The van der Waals surface area contributed by atoms with Crippen LogP contribution in [0.5, 0.6) is 0 Å². The summed E-state index contributed by atoms with van der Waals surface area (Å²) >= 11 is 3.39. The maximum absolute atomic E-state index is 13.5. The third kappa shape index (κ3) is 3.16. The lowest BCUT2D eigenvalue weighted by molar-refractivity contribution is -0.130. The molecule has 5 nitrogen and oxygen atoms in total. The highest BCUT2D eigenvalue weighted by Gasteiger charge is 2.53. The fraction of sp³-hybridized carbons (Fsp3) is 0.0909. The zero-order chi connectivity index (χ0) is 19.6. The van der Waals surface area contributed by atoms with Crippen molar-refractivity contribution in [1.29, 1.82) is 0 Å². The fourth-order valence-corrected chi connectivity index (χ4v) is 3.66. The molecule has 3 aromatic rings. The third-order valence-corrected chi connectivity index (χ3v) is 5.33. The van der Waals surface area contributed by atoms with Crippen molar-refractivity contribution >= 4 is 33.6 Å². The van der Waals surface area contributed by atoms with Crippen LogP contribution in [0, 0.1) is 0 Å². The number of nitrogens with one attached hydrogen (secondary N) is 2. The molecule has 0 unspecified atom stereocenters. The molecule has 140 valence electrons. The summed E-state index contributed by atoms with van der Waals surface area (Å²) in [7, 11) is 0. The maximum atomic E-state index is 13.5. The van der Waals surface area contributed by atoms with E-state index in [0.717, 1.165) is 21.3 Å². The zero-order valence-corrected chi connectivity index (χ0v) is 16.5. The topological polar surface area (TPSA) is 61.4 Å². The van der Waals surface area contributed by atoms with Crippen LogP contribution in [0.3, 0.4) is 0 Å². The van der Waals surface area contributed by atoms with Gasteiger partial charge in [0.25, 0.3) is 5.91 Å². The number of hydrogen-bond acceptors (Lipinski definition) is 3. The van der Waals surface area contributed by atoms with Gasteiger partial charge in [-0.2, -0.15) is 0 Å². The molecule has 0 aliphatic carbocycles. The van der Waals surface area contributed by atoms with Gasteiger partial charge in [-0.05, 0) is 35.4 Å². The molecule has 3 aromatic carbocycles. The van der Waals surface area contributed by atoms with Crippen LogP contribution < -0.4 is 10.6 Å². The fourth-order valence-electron chi connectivity index (χ4n) is 3.39. The Morgan fingerprint density at radius 1 is 0.821 bits per heavy atom. The van der Waals surface area contributed by atoms with Gasteiger partial charge in [-0.25, -0.2) is 9.69 Å². The summed E-state index contributed by atoms with van der Waals surface area (Å²) in [6, 6.07) is 25.8. The second-order valence-corrected chi connectivity index (χ2v) is 7.40. The normalized spacial score (nSPS) is 15.4. The van der Waals surface area contributed by atoms with Gasteiger partial charge < -0.3 is 10.6 Å². The summed E-state index contributed by atoms with van der Waals surface area (Å²) in [4.78, 5) is 27.5. The van der Waals surface area contributed by atoms with Crippen molar-refractivity contribution in [2.45, 2.75) is 5.54 Å². The van der Waals surface area contributed by atoms with Crippen molar-refractivity contribution in [3.05, 3.63) is 101 Å². The minimum atomic E-state index is -1.24. The number of hydrogen-bond donors (Lipinski definition) is 2. The van der Waals surface area contributed by atoms with E-state index in [-0.39, 0.29) is 12.6 Å². The molecule has 0 radical (unpaired) electrons. The number of carbonyl (C=O) groups is 2. The second kappa shape index (κ2) is 7.48. The van der Waals surface area contributed by atoms with E-state index in [2.05, 4.69) is 26.6 Å². The van der Waals surface area contributed by atoms with Crippen LogP contribution in [0.15, 0.2) is 89.4 Å².